The number of hydrogen-bond acceptors (Lipinski definition) is 8. The van der Waals surface area contributed by atoms with Crippen LogP contribution in [0.25, 0.3) is 21.8 Å². The van der Waals surface area contributed by atoms with Crippen molar-refractivity contribution in [1.29, 1.82) is 0 Å². The summed E-state index contributed by atoms with van der Waals surface area (Å²) in [6.07, 6.45) is 7.62. The van der Waals surface area contributed by atoms with Gasteiger partial charge in [-0.05, 0) is 36.1 Å². The van der Waals surface area contributed by atoms with Crippen molar-refractivity contribution in [2.24, 2.45) is 0 Å². The van der Waals surface area contributed by atoms with Gasteiger partial charge in [-0.2, -0.15) is 0 Å². The van der Waals surface area contributed by atoms with Crippen molar-refractivity contribution < 1.29 is 9.59 Å². The van der Waals surface area contributed by atoms with Gasteiger partial charge in [0, 0.05) is 47.0 Å². The smallest absolute Gasteiger partial charge is 0.230 e. The van der Waals surface area contributed by atoms with Crippen molar-refractivity contribution in [3.8, 4) is 0 Å². The Hall–Kier alpha value is -4.42. The molecule has 2 aromatic carbocycles. The van der Waals surface area contributed by atoms with Crippen molar-refractivity contribution in [2.45, 2.75) is 38.5 Å². The number of benzene rings is 2. The van der Waals surface area contributed by atoms with Crippen LogP contribution in [0.4, 0.5) is 10.3 Å². The number of nitrogens with zero attached hydrogens (tertiary/aromatic N) is 4. The number of amides is 2. The molecule has 0 atom stereocenters. The van der Waals surface area contributed by atoms with E-state index in [9.17, 15) is 9.59 Å². The first-order valence-corrected chi connectivity index (χ1v) is 14.6. The van der Waals surface area contributed by atoms with Gasteiger partial charge in [-0.15, -0.1) is 20.4 Å². The normalized spacial score (nSPS) is 11.3. The van der Waals surface area contributed by atoms with Gasteiger partial charge < -0.3 is 20.6 Å². The van der Waals surface area contributed by atoms with E-state index < -0.39 is 0 Å². The maximum Gasteiger partial charge on any atom is 0.230 e. The summed E-state index contributed by atoms with van der Waals surface area (Å²) >= 11 is 2.80. The minimum absolute atomic E-state index is 0.118. The van der Waals surface area contributed by atoms with E-state index >= 15 is 0 Å². The van der Waals surface area contributed by atoms with Gasteiger partial charge in [0.1, 0.15) is 10.0 Å². The molecule has 2 amide bonds. The summed E-state index contributed by atoms with van der Waals surface area (Å²) in [6.45, 7) is 0. The van der Waals surface area contributed by atoms with Crippen LogP contribution in [-0.2, 0) is 35.3 Å². The van der Waals surface area contributed by atoms with E-state index in [0.29, 0.717) is 10.3 Å². The third-order valence-electron chi connectivity index (χ3n) is 6.51. The van der Waals surface area contributed by atoms with E-state index in [-0.39, 0.29) is 24.7 Å². The molecule has 4 N–H and O–H groups in total. The van der Waals surface area contributed by atoms with E-state index in [1.807, 2.05) is 60.9 Å². The van der Waals surface area contributed by atoms with Crippen molar-refractivity contribution in [1.82, 2.24) is 30.4 Å². The first kappa shape index (κ1) is 25.8. The van der Waals surface area contributed by atoms with Gasteiger partial charge in [0.2, 0.25) is 22.1 Å². The maximum atomic E-state index is 12.5. The fourth-order valence-electron chi connectivity index (χ4n) is 4.59. The molecule has 0 spiro atoms. The molecule has 0 bridgehead atoms. The summed E-state index contributed by atoms with van der Waals surface area (Å²) < 4.78 is 0. The lowest BCUT2D eigenvalue weighted by Crippen LogP contribution is -2.14. The molecule has 0 aliphatic carbocycles. The molecular weight excluding hydrogens is 544 g/mol. The lowest BCUT2D eigenvalue weighted by molar-refractivity contribution is -0.116. The van der Waals surface area contributed by atoms with Crippen molar-refractivity contribution >= 4 is 66.6 Å². The van der Waals surface area contributed by atoms with E-state index in [0.717, 1.165) is 68.6 Å². The predicted octanol–water partition coefficient (Wildman–Crippen LogP) is 5.28. The fourth-order valence-corrected chi connectivity index (χ4v) is 6.19. The molecule has 0 fully saturated rings. The molecular formula is C28H26N8O2S2. The molecule has 0 saturated carbocycles. The number of aromatic nitrogens is 6. The minimum atomic E-state index is -0.118. The van der Waals surface area contributed by atoms with Crippen LogP contribution in [0, 0.1) is 0 Å². The number of rotatable bonds is 11. The highest BCUT2D eigenvalue weighted by Crippen LogP contribution is 2.23. The molecule has 0 saturated heterocycles. The van der Waals surface area contributed by atoms with Crippen LogP contribution in [0.15, 0.2) is 60.9 Å². The molecule has 6 rings (SSSR count). The number of unbranched alkanes of at least 4 members (excludes halogenated alkanes) is 1. The number of anilines is 2. The van der Waals surface area contributed by atoms with Crippen LogP contribution in [-0.4, -0.2) is 42.2 Å². The van der Waals surface area contributed by atoms with Gasteiger partial charge in [-0.3, -0.25) is 9.59 Å². The SMILES string of the molecule is O=C(Cc1c[nH]c2ccccc12)Nc1nnc(CCCCc2nnc(NC(=O)Cc3c[nH]c4ccccc34)s2)s1. The molecule has 12 heteroatoms. The van der Waals surface area contributed by atoms with Crippen LogP contribution >= 0.6 is 22.7 Å². The second-order valence-electron chi connectivity index (χ2n) is 9.38. The Morgan fingerprint density at radius 2 is 1.10 bits per heavy atom. The number of aryl methyl sites for hydroxylation is 2. The van der Waals surface area contributed by atoms with Crippen LogP contribution in [0.1, 0.15) is 34.0 Å². The Morgan fingerprint density at radius 1 is 0.650 bits per heavy atom. The van der Waals surface area contributed by atoms with Crippen LogP contribution in [0.5, 0.6) is 0 Å². The molecule has 0 aliphatic heterocycles. The fraction of sp³-hybridized carbons (Fsp3) is 0.214. The summed E-state index contributed by atoms with van der Waals surface area (Å²) in [5, 5.41) is 27.3. The summed E-state index contributed by atoms with van der Waals surface area (Å²) in [5.41, 5.74) is 3.93. The number of hydrogen-bond donors (Lipinski definition) is 4. The molecule has 40 heavy (non-hydrogen) atoms. The van der Waals surface area contributed by atoms with Gasteiger partial charge in [0.15, 0.2) is 0 Å². The molecule has 202 valence electrons. The molecule has 0 aliphatic rings. The van der Waals surface area contributed by atoms with Crippen molar-refractivity contribution in [2.75, 3.05) is 10.6 Å². The molecule has 0 unspecified atom stereocenters. The van der Waals surface area contributed by atoms with Crippen LogP contribution in [0.2, 0.25) is 0 Å². The van der Waals surface area contributed by atoms with E-state index in [1.54, 1.807) is 0 Å². The Balaban J connectivity index is 0.923. The van der Waals surface area contributed by atoms with E-state index in [1.165, 1.54) is 22.7 Å². The first-order chi connectivity index (χ1) is 19.6. The summed E-state index contributed by atoms with van der Waals surface area (Å²) in [6, 6.07) is 15.8. The summed E-state index contributed by atoms with van der Waals surface area (Å²) in [7, 11) is 0. The van der Waals surface area contributed by atoms with Gasteiger partial charge in [-0.25, -0.2) is 0 Å². The van der Waals surface area contributed by atoms with Crippen molar-refractivity contribution in [3.63, 3.8) is 0 Å². The maximum absolute atomic E-state index is 12.5. The van der Waals surface area contributed by atoms with E-state index in [2.05, 4.69) is 41.0 Å². The van der Waals surface area contributed by atoms with Crippen LogP contribution < -0.4 is 10.6 Å². The standard InChI is InChI=1S/C28H26N8O2S2/c37-23(13-17-15-29-21-9-3-1-7-19(17)21)31-27-35-33-25(39-27)11-5-6-12-26-34-36-28(40-26)32-24(38)14-18-16-30-22-10-4-2-8-20(18)22/h1-4,7-10,15-16,29-30H,5-6,11-14H2,(H,31,35,37)(H,32,36,38). The van der Waals surface area contributed by atoms with E-state index in [4.69, 9.17) is 0 Å². The average Bonchev–Trinajstić information content (AvgIpc) is 3.76. The Bertz CT molecular complexity index is 1650. The van der Waals surface area contributed by atoms with Gasteiger partial charge >= 0.3 is 0 Å². The zero-order chi connectivity index (χ0) is 27.3. The first-order valence-electron chi connectivity index (χ1n) is 12.9. The second-order valence-corrected chi connectivity index (χ2v) is 11.5. The highest BCUT2D eigenvalue weighted by Gasteiger charge is 2.13. The number of fused-ring (bicyclic) bond motifs is 2. The van der Waals surface area contributed by atoms with Crippen molar-refractivity contribution in [3.05, 3.63) is 82.1 Å². The number of nitrogens with one attached hydrogen (secondary N) is 4. The molecule has 4 aromatic heterocycles. The number of para-hydroxylation sites is 2. The molecule has 10 nitrogen and oxygen atoms in total. The second kappa shape index (κ2) is 11.8. The number of carbonyl (C=O) groups excluding carboxylic acids is 2. The topological polar surface area (TPSA) is 141 Å². The number of carbonyl (C=O) groups is 2. The molecule has 4 heterocycles. The number of H-pyrrole nitrogens is 2. The summed E-state index contributed by atoms with van der Waals surface area (Å²) in [5.74, 6) is -0.235. The Morgan fingerprint density at radius 3 is 1.57 bits per heavy atom. The van der Waals surface area contributed by atoms with Gasteiger partial charge in [-0.1, -0.05) is 59.1 Å². The summed E-state index contributed by atoms with van der Waals surface area (Å²) in [4.78, 5) is 31.4. The average molecular weight is 571 g/mol. The third kappa shape index (κ3) is 6.08. The molecule has 6 aromatic rings. The predicted molar refractivity (Wildman–Crippen MR) is 158 cm³/mol. The highest BCUT2D eigenvalue weighted by atomic mass is 32.1. The quantitative estimate of drug-likeness (QED) is 0.156. The third-order valence-corrected chi connectivity index (χ3v) is 8.31. The monoisotopic (exact) mass is 570 g/mol. The molecule has 0 radical (unpaired) electrons. The number of aromatic amines is 2. The Kier molecular flexibility index (Phi) is 7.60. The van der Waals surface area contributed by atoms with Crippen LogP contribution in [0.3, 0.4) is 0 Å². The zero-order valence-corrected chi connectivity index (χ0v) is 23.1. The largest absolute Gasteiger partial charge is 0.361 e. The highest BCUT2D eigenvalue weighted by molar-refractivity contribution is 7.15. The zero-order valence-electron chi connectivity index (χ0n) is 21.4. The van der Waals surface area contributed by atoms with Gasteiger partial charge in [0.25, 0.3) is 0 Å². The lowest BCUT2D eigenvalue weighted by atomic mass is 10.1. The Labute approximate surface area is 237 Å². The minimum Gasteiger partial charge on any atom is -0.361 e. The van der Waals surface area contributed by atoms with Gasteiger partial charge in [0.05, 0.1) is 12.8 Å². The lowest BCUT2D eigenvalue weighted by Gasteiger charge is -2.00.